The molecule has 1 aliphatic heterocycles. The van der Waals surface area contributed by atoms with Gasteiger partial charge in [0, 0.05) is 30.7 Å². The van der Waals surface area contributed by atoms with Crippen molar-refractivity contribution in [2.45, 2.75) is 58.5 Å². The summed E-state index contributed by atoms with van der Waals surface area (Å²) in [6.45, 7) is 12.2. The van der Waals surface area contributed by atoms with Gasteiger partial charge in [-0.3, -0.25) is 4.90 Å². The molecule has 4 rings (SSSR count). The molecule has 0 radical (unpaired) electrons. The Kier molecular flexibility index (Phi) is 5.24. The average molecular weight is 396 g/mol. The first kappa shape index (κ1) is 19.5. The van der Waals surface area contributed by atoms with Crippen LogP contribution in [0.4, 0.5) is 0 Å². The predicted octanol–water partition coefficient (Wildman–Crippen LogP) is 6.13. The summed E-state index contributed by atoms with van der Waals surface area (Å²) in [5.41, 5.74) is 5.23. The van der Waals surface area contributed by atoms with Crippen LogP contribution in [0.5, 0.6) is 0 Å². The molecule has 0 N–H and O–H groups in total. The van der Waals surface area contributed by atoms with E-state index < -0.39 is 0 Å². The van der Waals surface area contributed by atoms with Gasteiger partial charge in [0.05, 0.1) is 11.0 Å². The maximum Gasteiger partial charge on any atom is 0.106 e. The summed E-state index contributed by atoms with van der Waals surface area (Å²) in [7, 11) is 0. The average Bonchev–Trinajstić information content (AvgIpc) is 2.97. The Bertz CT molecular complexity index is 958. The number of halogens is 1. The number of nitrogens with zero attached hydrogens (tertiary/aromatic N) is 3. The van der Waals surface area contributed by atoms with Crippen LogP contribution in [0.3, 0.4) is 0 Å². The SMILES string of the molecule is Cc1nc2ccc(Cl)cc2n1C1CCN(Cc2ccc(C(C)(C)C)cc2)CC1. The first-order valence-electron chi connectivity index (χ1n) is 10.3. The van der Waals surface area contributed by atoms with E-state index in [1.807, 2.05) is 12.1 Å². The lowest BCUT2D eigenvalue weighted by molar-refractivity contribution is 0.180. The first-order valence-corrected chi connectivity index (χ1v) is 10.6. The summed E-state index contributed by atoms with van der Waals surface area (Å²) in [6, 6.07) is 15.7. The molecule has 28 heavy (non-hydrogen) atoms. The first-order chi connectivity index (χ1) is 13.3. The molecule has 148 valence electrons. The summed E-state index contributed by atoms with van der Waals surface area (Å²) >= 11 is 6.24. The van der Waals surface area contributed by atoms with Crippen molar-refractivity contribution in [2.75, 3.05) is 13.1 Å². The van der Waals surface area contributed by atoms with Gasteiger partial charge in [0.25, 0.3) is 0 Å². The van der Waals surface area contributed by atoms with Crippen LogP contribution >= 0.6 is 11.6 Å². The van der Waals surface area contributed by atoms with Crippen molar-refractivity contribution in [3.63, 3.8) is 0 Å². The van der Waals surface area contributed by atoms with E-state index in [-0.39, 0.29) is 5.41 Å². The van der Waals surface area contributed by atoms with Gasteiger partial charge in [-0.25, -0.2) is 4.98 Å². The van der Waals surface area contributed by atoms with Gasteiger partial charge in [0.1, 0.15) is 5.82 Å². The lowest BCUT2D eigenvalue weighted by Crippen LogP contribution is -2.34. The van der Waals surface area contributed by atoms with Crippen LogP contribution in [-0.4, -0.2) is 27.5 Å². The molecule has 0 amide bonds. The highest BCUT2D eigenvalue weighted by atomic mass is 35.5. The Morgan fingerprint density at radius 2 is 1.71 bits per heavy atom. The predicted molar refractivity (Wildman–Crippen MR) is 118 cm³/mol. The summed E-state index contributed by atoms with van der Waals surface area (Å²) < 4.78 is 2.40. The molecular weight excluding hydrogens is 366 g/mol. The van der Waals surface area contributed by atoms with Gasteiger partial charge < -0.3 is 4.57 Å². The highest BCUT2D eigenvalue weighted by molar-refractivity contribution is 6.31. The smallest absolute Gasteiger partial charge is 0.106 e. The molecule has 3 aromatic rings. The van der Waals surface area contributed by atoms with E-state index in [4.69, 9.17) is 16.6 Å². The van der Waals surface area contributed by atoms with E-state index in [2.05, 4.69) is 67.5 Å². The number of hydrogen-bond acceptors (Lipinski definition) is 2. The Morgan fingerprint density at radius 1 is 1.04 bits per heavy atom. The van der Waals surface area contributed by atoms with Crippen molar-refractivity contribution in [1.29, 1.82) is 0 Å². The Hall–Kier alpha value is -1.84. The number of aromatic nitrogens is 2. The van der Waals surface area contributed by atoms with Crippen LogP contribution in [0.2, 0.25) is 5.02 Å². The monoisotopic (exact) mass is 395 g/mol. The number of rotatable bonds is 3. The normalized spacial score (nSPS) is 16.8. The van der Waals surface area contributed by atoms with Crippen LogP contribution < -0.4 is 0 Å². The fourth-order valence-corrected chi connectivity index (χ4v) is 4.52. The Morgan fingerprint density at radius 3 is 2.36 bits per heavy atom. The standard InChI is InChI=1S/C24H30ClN3/c1-17-26-22-10-9-20(25)15-23(22)28(17)21-11-13-27(14-12-21)16-18-5-7-19(8-6-18)24(2,3)4/h5-10,15,21H,11-14,16H2,1-4H3. The number of hydrogen-bond donors (Lipinski definition) is 0. The molecule has 0 saturated carbocycles. The molecule has 4 heteroatoms. The largest absolute Gasteiger partial charge is 0.325 e. The van der Waals surface area contributed by atoms with Gasteiger partial charge in [-0.2, -0.15) is 0 Å². The molecule has 3 nitrogen and oxygen atoms in total. The molecule has 2 aromatic carbocycles. The zero-order valence-corrected chi connectivity index (χ0v) is 18.1. The van der Waals surface area contributed by atoms with Gasteiger partial charge in [-0.1, -0.05) is 56.6 Å². The molecule has 1 aliphatic rings. The summed E-state index contributed by atoms with van der Waals surface area (Å²) in [5.74, 6) is 1.09. The van der Waals surface area contributed by atoms with Gasteiger partial charge in [0.15, 0.2) is 0 Å². The van der Waals surface area contributed by atoms with Crippen molar-refractivity contribution in [1.82, 2.24) is 14.5 Å². The minimum Gasteiger partial charge on any atom is -0.325 e. The number of piperidine rings is 1. The molecule has 2 heterocycles. The maximum absolute atomic E-state index is 6.24. The highest BCUT2D eigenvalue weighted by Gasteiger charge is 2.23. The fraction of sp³-hybridized carbons (Fsp3) is 0.458. The van der Waals surface area contributed by atoms with Crippen molar-refractivity contribution in [2.24, 2.45) is 0 Å². The van der Waals surface area contributed by atoms with E-state index in [0.29, 0.717) is 6.04 Å². The van der Waals surface area contributed by atoms with Gasteiger partial charge in [-0.05, 0) is 54.5 Å². The van der Waals surface area contributed by atoms with Gasteiger partial charge in [-0.15, -0.1) is 0 Å². The number of aryl methyl sites for hydroxylation is 1. The van der Waals surface area contributed by atoms with Crippen LogP contribution in [-0.2, 0) is 12.0 Å². The summed E-state index contributed by atoms with van der Waals surface area (Å²) in [5, 5.41) is 0.782. The minimum atomic E-state index is 0.213. The lowest BCUT2D eigenvalue weighted by Gasteiger charge is -2.33. The number of imidazole rings is 1. The van der Waals surface area contributed by atoms with Crippen molar-refractivity contribution in [3.05, 3.63) is 64.4 Å². The van der Waals surface area contributed by atoms with Crippen molar-refractivity contribution >= 4 is 22.6 Å². The zero-order valence-electron chi connectivity index (χ0n) is 17.4. The van der Waals surface area contributed by atoms with Gasteiger partial charge in [0.2, 0.25) is 0 Å². The van der Waals surface area contributed by atoms with Crippen molar-refractivity contribution < 1.29 is 0 Å². The summed E-state index contributed by atoms with van der Waals surface area (Å²) in [6.07, 6.45) is 2.30. The van der Waals surface area contributed by atoms with E-state index in [9.17, 15) is 0 Å². The molecule has 0 unspecified atom stereocenters. The second-order valence-corrected chi connectivity index (χ2v) is 9.55. The number of fused-ring (bicyclic) bond motifs is 1. The van der Waals surface area contributed by atoms with Crippen LogP contribution in [0.1, 0.15) is 56.6 Å². The Balaban J connectivity index is 1.43. The highest BCUT2D eigenvalue weighted by Crippen LogP contribution is 2.30. The van der Waals surface area contributed by atoms with Crippen LogP contribution in [0.15, 0.2) is 42.5 Å². The molecular formula is C24H30ClN3. The second kappa shape index (κ2) is 7.53. The third kappa shape index (κ3) is 3.97. The molecule has 0 atom stereocenters. The third-order valence-electron chi connectivity index (χ3n) is 5.98. The molecule has 0 spiro atoms. The molecule has 0 bridgehead atoms. The molecule has 1 fully saturated rings. The zero-order chi connectivity index (χ0) is 19.9. The maximum atomic E-state index is 6.24. The van der Waals surface area contributed by atoms with Crippen LogP contribution in [0.25, 0.3) is 11.0 Å². The van der Waals surface area contributed by atoms with E-state index in [1.165, 1.54) is 16.6 Å². The van der Waals surface area contributed by atoms with E-state index in [0.717, 1.165) is 48.8 Å². The minimum absolute atomic E-state index is 0.213. The molecule has 1 aromatic heterocycles. The van der Waals surface area contributed by atoms with Gasteiger partial charge >= 0.3 is 0 Å². The number of likely N-dealkylation sites (tertiary alicyclic amines) is 1. The van der Waals surface area contributed by atoms with E-state index >= 15 is 0 Å². The fourth-order valence-electron chi connectivity index (χ4n) is 4.35. The topological polar surface area (TPSA) is 21.1 Å². The second-order valence-electron chi connectivity index (χ2n) is 9.12. The molecule has 0 aliphatic carbocycles. The van der Waals surface area contributed by atoms with E-state index in [1.54, 1.807) is 0 Å². The quantitative estimate of drug-likeness (QED) is 0.531. The van der Waals surface area contributed by atoms with Crippen LogP contribution in [0, 0.1) is 6.92 Å². The molecule has 1 saturated heterocycles. The third-order valence-corrected chi connectivity index (χ3v) is 6.21. The Labute approximate surface area is 173 Å². The number of benzene rings is 2. The summed E-state index contributed by atoms with van der Waals surface area (Å²) in [4.78, 5) is 7.31. The van der Waals surface area contributed by atoms with Crippen molar-refractivity contribution in [3.8, 4) is 0 Å². The lowest BCUT2D eigenvalue weighted by atomic mass is 9.86.